The molecule has 2 N–H and O–H groups in total. The van der Waals surface area contributed by atoms with Crippen molar-refractivity contribution in [1.82, 2.24) is 0 Å². The highest BCUT2D eigenvalue weighted by molar-refractivity contribution is 8.00. The molecule has 3 rings (SSSR count). The van der Waals surface area contributed by atoms with E-state index in [4.69, 9.17) is 5.73 Å². The number of hydrogen-bond acceptors (Lipinski definition) is 3. The van der Waals surface area contributed by atoms with Crippen LogP contribution in [0.1, 0.15) is 21.4 Å². The molecular formula is C14H15NS2. The van der Waals surface area contributed by atoms with Gasteiger partial charge in [-0.3, -0.25) is 0 Å². The molecule has 0 saturated carbocycles. The molecule has 1 aliphatic rings. The van der Waals surface area contributed by atoms with Crippen LogP contribution in [0.4, 0.5) is 0 Å². The predicted octanol–water partition coefficient (Wildman–Crippen LogP) is 3.77. The Bertz CT molecular complexity index is 508. The van der Waals surface area contributed by atoms with E-state index in [9.17, 15) is 0 Å². The summed E-state index contributed by atoms with van der Waals surface area (Å²) >= 11 is 3.75. The van der Waals surface area contributed by atoms with Crippen LogP contribution in [-0.2, 0) is 6.42 Å². The van der Waals surface area contributed by atoms with E-state index in [1.54, 1.807) is 0 Å². The summed E-state index contributed by atoms with van der Waals surface area (Å²) in [5, 5.41) is 0.491. The Morgan fingerprint density at radius 1 is 1.24 bits per heavy atom. The third-order valence-corrected chi connectivity index (χ3v) is 5.68. The molecule has 1 aromatic heterocycles. The zero-order chi connectivity index (χ0) is 11.8. The van der Waals surface area contributed by atoms with Gasteiger partial charge in [-0.05, 0) is 37.1 Å². The van der Waals surface area contributed by atoms with Crippen LogP contribution in [0.15, 0.2) is 41.3 Å². The van der Waals surface area contributed by atoms with Crippen LogP contribution in [0.3, 0.4) is 0 Å². The van der Waals surface area contributed by atoms with Gasteiger partial charge in [0, 0.05) is 19.9 Å². The fourth-order valence-electron chi connectivity index (χ4n) is 2.22. The fourth-order valence-corrected chi connectivity index (χ4v) is 4.60. The monoisotopic (exact) mass is 261 g/mol. The molecule has 0 amide bonds. The van der Waals surface area contributed by atoms with Gasteiger partial charge in [-0.2, -0.15) is 0 Å². The second kappa shape index (κ2) is 4.48. The molecule has 0 spiro atoms. The molecule has 0 radical (unpaired) electrons. The fraction of sp³-hybridized carbons (Fsp3) is 0.286. The first-order chi connectivity index (χ1) is 8.24. The standard InChI is InChI=1S/C14H15NS2/c1-9-6-7-12(16-9)14(15)13-8-10-4-2-3-5-11(10)17-13/h2-7,13-14H,8,15H2,1H3. The zero-order valence-electron chi connectivity index (χ0n) is 9.72. The minimum absolute atomic E-state index is 0.158. The van der Waals surface area contributed by atoms with Crippen molar-refractivity contribution >= 4 is 23.1 Å². The first-order valence-corrected chi connectivity index (χ1v) is 7.50. The Morgan fingerprint density at radius 3 is 2.76 bits per heavy atom. The smallest absolute Gasteiger partial charge is 0.0517 e. The van der Waals surface area contributed by atoms with E-state index in [0.29, 0.717) is 5.25 Å². The third kappa shape index (κ3) is 2.15. The number of hydrogen-bond donors (Lipinski definition) is 1. The number of nitrogens with two attached hydrogens (primary N) is 1. The molecule has 1 aromatic carbocycles. The Balaban J connectivity index is 1.80. The maximum absolute atomic E-state index is 6.38. The van der Waals surface area contributed by atoms with Crippen molar-refractivity contribution in [3.8, 4) is 0 Å². The highest BCUT2D eigenvalue weighted by atomic mass is 32.2. The summed E-state index contributed by atoms with van der Waals surface area (Å²) in [6, 6.07) is 13.1. The molecule has 2 aromatic rings. The number of rotatable bonds is 2. The van der Waals surface area contributed by atoms with Gasteiger partial charge in [0.15, 0.2) is 0 Å². The van der Waals surface area contributed by atoms with E-state index in [1.807, 2.05) is 23.1 Å². The number of thiophene rings is 1. The van der Waals surface area contributed by atoms with Crippen LogP contribution >= 0.6 is 23.1 Å². The lowest BCUT2D eigenvalue weighted by molar-refractivity contribution is 0.689. The highest BCUT2D eigenvalue weighted by Gasteiger charge is 2.28. The maximum Gasteiger partial charge on any atom is 0.0517 e. The topological polar surface area (TPSA) is 26.0 Å². The van der Waals surface area contributed by atoms with Gasteiger partial charge < -0.3 is 5.73 Å². The molecule has 0 bridgehead atoms. The van der Waals surface area contributed by atoms with Gasteiger partial charge in [0.1, 0.15) is 0 Å². The van der Waals surface area contributed by atoms with Crippen LogP contribution in [0.5, 0.6) is 0 Å². The van der Waals surface area contributed by atoms with Crippen molar-refractivity contribution in [2.24, 2.45) is 5.73 Å². The Labute approximate surface area is 110 Å². The quantitative estimate of drug-likeness (QED) is 0.890. The van der Waals surface area contributed by atoms with Crippen molar-refractivity contribution in [2.45, 2.75) is 29.5 Å². The van der Waals surface area contributed by atoms with E-state index >= 15 is 0 Å². The lowest BCUT2D eigenvalue weighted by Crippen LogP contribution is -2.22. The van der Waals surface area contributed by atoms with Crippen molar-refractivity contribution in [3.05, 3.63) is 51.7 Å². The van der Waals surface area contributed by atoms with Gasteiger partial charge in [0.25, 0.3) is 0 Å². The van der Waals surface area contributed by atoms with Crippen LogP contribution in [0, 0.1) is 6.92 Å². The molecule has 0 saturated heterocycles. The van der Waals surface area contributed by atoms with Crippen molar-refractivity contribution in [1.29, 1.82) is 0 Å². The van der Waals surface area contributed by atoms with Crippen LogP contribution in [-0.4, -0.2) is 5.25 Å². The third-order valence-electron chi connectivity index (χ3n) is 3.16. The molecule has 88 valence electrons. The molecule has 2 unspecified atom stereocenters. The second-order valence-electron chi connectivity index (χ2n) is 4.44. The molecule has 0 aliphatic carbocycles. The molecular weight excluding hydrogens is 246 g/mol. The maximum atomic E-state index is 6.38. The van der Waals surface area contributed by atoms with E-state index in [1.165, 1.54) is 20.2 Å². The lowest BCUT2D eigenvalue weighted by Gasteiger charge is -2.16. The molecule has 1 aliphatic heterocycles. The highest BCUT2D eigenvalue weighted by Crippen LogP contribution is 2.42. The second-order valence-corrected chi connectivity index (χ2v) is 7.04. The predicted molar refractivity (Wildman–Crippen MR) is 75.8 cm³/mol. The van der Waals surface area contributed by atoms with Gasteiger partial charge in [0.05, 0.1) is 6.04 Å². The SMILES string of the molecule is Cc1ccc(C(N)C2Cc3ccccc3S2)s1. The van der Waals surface area contributed by atoms with Gasteiger partial charge in [-0.25, -0.2) is 0 Å². The first-order valence-electron chi connectivity index (χ1n) is 5.80. The zero-order valence-corrected chi connectivity index (χ0v) is 11.4. The van der Waals surface area contributed by atoms with Gasteiger partial charge >= 0.3 is 0 Å². The lowest BCUT2D eigenvalue weighted by atomic mass is 10.0. The summed E-state index contributed by atoms with van der Waals surface area (Å²) in [5.74, 6) is 0. The first kappa shape index (κ1) is 11.3. The van der Waals surface area contributed by atoms with Crippen LogP contribution in [0.2, 0.25) is 0 Å². The summed E-state index contributed by atoms with van der Waals surface area (Å²) in [7, 11) is 0. The molecule has 3 heteroatoms. The van der Waals surface area contributed by atoms with Crippen molar-refractivity contribution < 1.29 is 0 Å². The summed E-state index contributed by atoms with van der Waals surface area (Å²) in [4.78, 5) is 4.06. The largest absolute Gasteiger partial charge is 0.322 e. The average molecular weight is 261 g/mol. The minimum Gasteiger partial charge on any atom is -0.322 e. The average Bonchev–Trinajstić information content (AvgIpc) is 2.93. The Hall–Kier alpha value is -0.770. The van der Waals surface area contributed by atoms with Gasteiger partial charge in [-0.15, -0.1) is 23.1 Å². The molecule has 17 heavy (non-hydrogen) atoms. The van der Waals surface area contributed by atoms with Gasteiger partial charge in [0.2, 0.25) is 0 Å². The number of benzene rings is 1. The normalized spacial score (nSPS) is 20.2. The van der Waals surface area contributed by atoms with Crippen LogP contribution in [0.25, 0.3) is 0 Å². The summed E-state index contributed by atoms with van der Waals surface area (Å²) < 4.78 is 0. The molecule has 0 fully saturated rings. The van der Waals surface area contributed by atoms with Crippen molar-refractivity contribution in [2.75, 3.05) is 0 Å². The van der Waals surface area contributed by atoms with Gasteiger partial charge in [-0.1, -0.05) is 18.2 Å². The molecule has 2 heterocycles. The van der Waals surface area contributed by atoms with E-state index in [2.05, 4.69) is 43.3 Å². The Morgan fingerprint density at radius 2 is 2.06 bits per heavy atom. The molecule has 2 atom stereocenters. The van der Waals surface area contributed by atoms with E-state index in [0.717, 1.165) is 6.42 Å². The summed E-state index contributed by atoms with van der Waals surface area (Å²) in [6.07, 6.45) is 1.10. The summed E-state index contributed by atoms with van der Waals surface area (Å²) in [6.45, 7) is 2.14. The molecule has 1 nitrogen and oxygen atoms in total. The number of thioether (sulfide) groups is 1. The minimum atomic E-state index is 0.158. The number of aryl methyl sites for hydroxylation is 1. The van der Waals surface area contributed by atoms with E-state index in [-0.39, 0.29) is 6.04 Å². The number of fused-ring (bicyclic) bond motifs is 1. The van der Waals surface area contributed by atoms with Crippen LogP contribution < -0.4 is 5.73 Å². The van der Waals surface area contributed by atoms with E-state index < -0.39 is 0 Å². The summed E-state index contributed by atoms with van der Waals surface area (Å²) in [5.41, 5.74) is 7.83. The van der Waals surface area contributed by atoms with Crippen molar-refractivity contribution in [3.63, 3.8) is 0 Å². The Kier molecular flexibility index (Phi) is 2.99.